The van der Waals surface area contributed by atoms with Crippen LogP contribution in [0.1, 0.15) is 12.0 Å². The van der Waals surface area contributed by atoms with Crippen LogP contribution in [-0.2, 0) is 6.42 Å². The number of ether oxygens (including phenoxy) is 1. The average Bonchev–Trinajstić information content (AvgIpc) is 2.71. The van der Waals surface area contributed by atoms with Crippen molar-refractivity contribution in [1.29, 1.82) is 0 Å². The zero-order valence-electron chi connectivity index (χ0n) is 15.4. The molecule has 0 spiro atoms. The van der Waals surface area contributed by atoms with Crippen molar-refractivity contribution in [2.75, 3.05) is 19.0 Å². The molecule has 0 saturated heterocycles. The summed E-state index contributed by atoms with van der Waals surface area (Å²) in [4.78, 5) is 8.74. The minimum Gasteiger partial charge on any atom is -0.496 e. The van der Waals surface area contributed by atoms with Crippen LogP contribution in [0.15, 0.2) is 54.9 Å². The molecule has 0 amide bonds. The van der Waals surface area contributed by atoms with Gasteiger partial charge in [-0.1, -0.05) is 24.3 Å². The number of aryl methyl sites for hydroxylation is 1. The summed E-state index contributed by atoms with van der Waals surface area (Å²) >= 11 is 2.29. The largest absolute Gasteiger partial charge is 0.496 e. The van der Waals surface area contributed by atoms with Crippen molar-refractivity contribution in [2.45, 2.75) is 12.8 Å². The number of fused-ring (bicyclic) bond motifs is 3. The van der Waals surface area contributed by atoms with Crippen LogP contribution in [0.25, 0.3) is 21.7 Å². The third-order valence-electron chi connectivity index (χ3n) is 4.67. The van der Waals surface area contributed by atoms with Crippen LogP contribution in [0.5, 0.6) is 5.75 Å². The second-order valence-corrected chi connectivity index (χ2v) is 7.71. The van der Waals surface area contributed by atoms with Crippen LogP contribution >= 0.6 is 22.6 Å². The molecule has 28 heavy (non-hydrogen) atoms. The Morgan fingerprint density at radius 1 is 1.07 bits per heavy atom. The second kappa shape index (κ2) is 8.26. The number of hydrogen-bond donors (Lipinski definition) is 1. The SMILES string of the molecule is COc1cc2nc(NCCCc3cncc(F)c3)c3ccccc3c2cc1I. The van der Waals surface area contributed by atoms with E-state index in [0.717, 1.165) is 61.8 Å². The van der Waals surface area contributed by atoms with Gasteiger partial charge in [0.25, 0.3) is 0 Å². The van der Waals surface area contributed by atoms with Crippen molar-refractivity contribution in [3.8, 4) is 5.75 Å². The average molecular weight is 487 g/mol. The van der Waals surface area contributed by atoms with E-state index < -0.39 is 0 Å². The minimum absolute atomic E-state index is 0.295. The Morgan fingerprint density at radius 2 is 1.89 bits per heavy atom. The third kappa shape index (κ3) is 3.87. The number of nitrogens with one attached hydrogen (secondary N) is 1. The molecule has 4 nitrogen and oxygen atoms in total. The summed E-state index contributed by atoms with van der Waals surface area (Å²) in [6, 6.07) is 13.9. The van der Waals surface area contributed by atoms with Crippen molar-refractivity contribution >= 4 is 50.1 Å². The van der Waals surface area contributed by atoms with Gasteiger partial charge in [0.1, 0.15) is 17.4 Å². The number of benzene rings is 2. The summed E-state index contributed by atoms with van der Waals surface area (Å²) in [6.45, 7) is 0.737. The van der Waals surface area contributed by atoms with Crippen LogP contribution in [-0.4, -0.2) is 23.6 Å². The summed E-state index contributed by atoms with van der Waals surface area (Å²) < 4.78 is 19.8. The lowest BCUT2D eigenvalue weighted by molar-refractivity contribution is 0.412. The first kappa shape index (κ1) is 18.9. The fraction of sp³-hybridized carbons (Fsp3) is 0.182. The molecule has 0 fully saturated rings. The van der Waals surface area contributed by atoms with Gasteiger partial charge < -0.3 is 10.1 Å². The Morgan fingerprint density at radius 3 is 2.68 bits per heavy atom. The lowest BCUT2D eigenvalue weighted by atomic mass is 10.1. The van der Waals surface area contributed by atoms with Gasteiger partial charge in [-0.25, -0.2) is 9.37 Å². The summed E-state index contributed by atoms with van der Waals surface area (Å²) in [5.41, 5.74) is 1.80. The molecule has 0 atom stereocenters. The molecule has 0 aliphatic heterocycles. The molecule has 4 aromatic rings. The molecule has 6 heteroatoms. The third-order valence-corrected chi connectivity index (χ3v) is 5.51. The van der Waals surface area contributed by atoms with Gasteiger partial charge in [0.2, 0.25) is 0 Å². The number of halogens is 2. The maximum Gasteiger partial charge on any atom is 0.141 e. The molecule has 2 aromatic heterocycles. The lowest BCUT2D eigenvalue weighted by Gasteiger charge is -2.13. The molecule has 0 radical (unpaired) electrons. The van der Waals surface area contributed by atoms with Crippen LogP contribution in [0.2, 0.25) is 0 Å². The van der Waals surface area contributed by atoms with E-state index in [4.69, 9.17) is 9.72 Å². The smallest absolute Gasteiger partial charge is 0.141 e. The van der Waals surface area contributed by atoms with E-state index >= 15 is 0 Å². The number of rotatable bonds is 6. The Labute approximate surface area is 176 Å². The van der Waals surface area contributed by atoms with Crippen molar-refractivity contribution < 1.29 is 9.13 Å². The highest BCUT2D eigenvalue weighted by molar-refractivity contribution is 14.1. The Hall–Kier alpha value is -2.48. The van der Waals surface area contributed by atoms with Crippen molar-refractivity contribution in [3.05, 3.63) is 69.8 Å². The van der Waals surface area contributed by atoms with E-state index in [0.29, 0.717) is 0 Å². The van der Waals surface area contributed by atoms with Crippen molar-refractivity contribution in [3.63, 3.8) is 0 Å². The van der Waals surface area contributed by atoms with Crippen molar-refractivity contribution in [1.82, 2.24) is 9.97 Å². The van der Waals surface area contributed by atoms with E-state index in [9.17, 15) is 4.39 Å². The Balaban J connectivity index is 1.61. The number of nitrogens with zero attached hydrogens (tertiary/aromatic N) is 2. The normalized spacial score (nSPS) is 11.1. The predicted molar refractivity (Wildman–Crippen MR) is 120 cm³/mol. The fourth-order valence-corrected chi connectivity index (χ4v) is 4.03. The molecule has 4 rings (SSSR count). The summed E-state index contributed by atoms with van der Waals surface area (Å²) in [5, 5.41) is 6.80. The maximum atomic E-state index is 13.3. The van der Waals surface area contributed by atoms with E-state index in [1.165, 1.54) is 12.3 Å². The maximum absolute atomic E-state index is 13.3. The molecule has 0 bridgehead atoms. The number of pyridine rings is 2. The quantitative estimate of drug-likeness (QED) is 0.219. The molecular weight excluding hydrogens is 468 g/mol. The molecule has 142 valence electrons. The molecule has 0 unspecified atom stereocenters. The Kier molecular flexibility index (Phi) is 5.57. The first-order valence-electron chi connectivity index (χ1n) is 9.05. The fourth-order valence-electron chi connectivity index (χ4n) is 3.34. The van der Waals surface area contributed by atoms with E-state index in [1.54, 1.807) is 13.3 Å². The van der Waals surface area contributed by atoms with Crippen LogP contribution in [0.3, 0.4) is 0 Å². The van der Waals surface area contributed by atoms with E-state index in [-0.39, 0.29) is 5.82 Å². The Bertz CT molecular complexity index is 1150. The van der Waals surface area contributed by atoms with Crippen LogP contribution in [0, 0.1) is 9.39 Å². The molecule has 2 aromatic carbocycles. The zero-order valence-corrected chi connectivity index (χ0v) is 17.5. The predicted octanol–water partition coefficient (Wildman–Crippen LogP) is 5.58. The highest BCUT2D eigenvalue weighted by Gasteiger charge is 2.11. The standard InChI is InChI=1S/C22H19FIN3O/c1-28-21-11-20-18(10-19(21)24)16-6-2-3-7-17(16)22(27-20)26-8-4-5-14-9-15(23)13-25-12-14/h2-3,6-7,9-13H,4-5,8H2,1H3,(H,26,27). The van der Waals surface area contributed by atoms with Gasteiger partial charge in [0, 0.05) is 29.6 Å². The second-order valence-electron chi connectivity index (χ2n) is 6.55. The van der Waals surface area contributed by atoms with E-state index in [1.807, 2.05) is 18.2 Å². The lowest BCUT2D eigenvalue weighted by Crippen LogP contribution is -2.06. The zero-order chi connectivity index (χ0) is 19.5. The first-order valence-corrected chi connectivity index (χ1v) is 10.1. The molecule has 0 aliphatic carbocycles. The number of anilines is 1. The van der Waals surface area contributed by atoms with Crippen LogP contribution in [0.4, 0.5) is 10.2 Å². The minimum atomic E-state index is -0.295. The monoisotopic (exact) mass is 487 g/mol. The number of hydrogen-bond acceptors (Lipinski definition) is 4. The van der Waals surface area contributed by atoms with Gasteiger partial charge in [-0.05, 0) is 58.5 Å². The first-order chi connectivity index (χ1) is 13.7. The van der Waals surface area contributed by atoms with Gasteiger partial charge in [-0.2, -0.15) is 0 Å². The number of methoxy groups -OCH3 is 1. The van der Waals surface area contributed by atoms with Gasteiger partial charge >= 0.3 is 0 Å². The number of aromatic nitrogens is 2. The molecule has 2 heterocycles. The molecule has 0 aliphatic rings. The highest BCUT2D eigenvalue weighted by atomic mass is 127. The summed E-state index contributed by atoms with van der Waals surface area (Å²) in [7, 11) is 1.67. The summed E-state index contributed by atoms with van der Waals surface area (Å²) in [6.07, 6.45) is 4.55. The highest BCUT2D eigenvalue weighted by Crippen LogP contribution is 2.33. The van der Waals surface area contributed by atoms with Gasteiger partial charge in [-0.15, -0.1) is 0 Å². The molecular formula is C22H19FIN3O. The van der Waals surface area contributed by atoms with Crippen molar-refractivity contribution in [2.24, 2.45) is 0 Å². The molecule has 0 saturated carbocycles. The van der Waals surface area contributed by atoms with Crippen LogP contribution < -0.4 is 10.1 Å². The van der Waals surface area contributed by atoms with Gasteiger partial charge in [-0.3, -0.25) is 4.98 Å². The molecule has 1 N–H and O–H groups in total. The van der Waals surface area contributed by atoms with Gasteiger partial charge in [0.05, 0.1) is 22.4 Å². The van der Waals surface area contributed by atoms with E-state index in [2.05, 4.69) is 51.1 Å². The van der Waals surface area contributed by atoms with Gasteiger partial charge in [0.15, 0.2) is 0 Å². The topological polar surface area (TPSA) is 47.0 Å². The summed E-state index contributed by atoms with van der Waals surface area (Å²) in [5.74, 6) is 1.38.